The van der Waals surface area contributed by atoms with Gasteiger partial charge in [-0.15, -0.1) is 0 Å². The van der Waals surface area contributed by atoms with Crippen molar-refractivity contribution in [1.29, 1.82) is 0 Å². The summed E-state index contributed by atoms with van der Waals surface area (Å²) in [5.41, 5.74) is 0. The molecule has 0 spiro atoms. The van der Waals surface area contributed by atoms with E-state index in [0.717, 1.165) is 6.42 Å². The van der Waals surface area contributed by atoms with Crippen molar-refractivity contribution in [1.82, 2.24) is 0 Å². The minimum atomic E-state index is -1.10. The van der Waals surface area contributed by atoms with Gasteiger partial charge in [0.1, 0.15) is 0 Å². The molecule has 5 heteroatoms. The monoisotopic (exact) mass is 224 g/mol. The van der Waals surface area contributed by atoms with Crippen molar-refractivity contribution in [2.45, 2.75) is 43.5 Å². The van der Waals surface area contributed by atoms with Crippen molar-refractivity contribution in [3.05, 3.63) is 0 Å². The second kappa shape index (κ2) is 5.78. The van der Waals surface area contributed by atoms with Gasteiger partial charge >= 0.3 is 5.97 Å². The van der Waals surface area contributed by atoms with Gasteiger partial charge in [-0.25, -0.2) is 4.79 Å². The molecule has 0 aliphatic rings. The van der Waals surface area contributed by atoms with E-state index >= 15 is 0 Å². The Morgan fingerprint density at radius 1 is 1.54 bits per heavy atom. The first-order chi connectivity index (χ1) is 5.94. The fourth-order valence-corrected chi connectivity index (χ4v) is 0.774. The number of hydrogen-bond donors (Lipinski definition) is 3. The van der Waals surface area contributed by atoms with Crippen molar-refractivity contribution >= 4 is 31.2 Å². The van der Waals surface area contributed by atoms with E-state index in [1.807, 2.05) is 6.92 Å². The third kappa shape index (κ3) is 4.78. The first-order valence-electron chi connectivity index (χ1n) is 4.28. The molecule has 0 fully saturated rings. The van der Waals surface area contributed by atoms with Crippen LogP contribution in [0.2, 0.25) is 0 Å². The SMILES string of the molecule is CCCC(O)OC(=O)C(S)(S)CC. The van der Waals surface area contributed by atoms with Crippen molar-refractivity contribution in [2.24, 2.45) is 0 Å². The van der Waals surface area contributed by atoms with Gasteiger partial charge in [0, 0.05) is 6.42 Å². The fraction of sp³-hybridized carbons (Fsp3) is 0.875. The first-order valence-corrected chi connectivity index (χ1v) is 5.17. The van der Waals surface area contributed by atoms with Gasteiger partial charge in [0.2, 0.25) is 6.29 Å². The lowest BCUT2D eigenvalue weighted by Crippen LogP contribution is -2.31. The highest BCUT2D eigenvalue weighted by Gasteiger charge is 2.31. The lowest BCUT2D eigenvalue weighted by atomic mass is 10.3. The van der Waals surface area contributed by atoms with Gasteiger partial charge in [-0.05, 0) is 6.42 Å². The van der Waals surface area contributed by atoms with E-state index in [-0.39, 0.29) is 0 Å². The normalized spacial score (nSPS) is 13.9. The maximum absolute atomic E-state index is 11.2. The largest absolute Gasteiger partial charge is 0.434 e. The second-order valence-corrected chi connectivity index (χ2v) is 4.70. The zero-order chi connectivity index (χ0) is 10.5. The van der Waals surface area contributed by atoms with Gasteiger partial charge in [-0.2, -0.15) is 25.3 Å². The van der Waals surface area contributed by atoms with Crippen LogP contribution in [0.25, 0.3) is 0 Å². The minimum absolute atomic E-state index is 0.438. The van der Waals surface area contributed by atoms with Crippen molar-refractivity contribution in [2.75, 3.05) is 0 Å². The summed E-state index contributed by atoms with van der Waals surface area (Å²) in [7, 11) is 0. The van der Waals surface area contributed by atoms with Crippen molar-refractivity contribution in [3.63, 3.8) is 0 Å². The summed E-state index contributed by atoms with van der Waals surface area (Å²) in [6.07, 6.45) is 0.596. The molecule has 0 radical (unpaired) electrons. The van der Waals surface area contributed by atoms with Crippen molar-refractivity contribution in [3.8, 4) is 0 Å². The molecule has 1 unspecified atom stereocenters. The van der Waals surface area contributed by atoms with E-state index in [1.165, 1.54) is 0 Å². The summed E-state index contributed by atoms with van der Waals surface area (Å²) < 4.78 is 3.61. The number of hydrogen-bond acceptors (Lipinski definition) is 5. The molecule has 0 aromatic heterocycles. The highest BCUT2D eigenvalue weighted by molar-refractivity contribution is 8.01. The van der Waals surface area contributed by atoms with Crippen LogP contribution in [-0.4, -0.2) is 21.4 Å². The zero-order valence-corrected chi connectivity index (χ0v) is 9.65. The molecule has 0 aliphatic heterocycles. The molecule has 3 nitrogen and oxygen atoms in total. The highest BCUT2D eigenvalue weighted by Crippen LogP contribution is 2.25. The van der Waals surface area contributed by atoms with Gasteiger partial charge < -0.3 is 9.84 Å². The van der Waals surface area contributed by atoms with E-state index in [9.17, 15) is 4.79 Å². The molecule has 0 aromatic rings. The Balaban J connectivity index is 3.99. The van der Waals surface area contributed by atoms with E-state index in [2.05, 4.69) is 25.3 Å². The summed E-state index contributed by atoms with van der Waals surface area (Å²) >= 11 is 8.01. The average Bonchev–Trinajstić information content (AvgIpc) is 2.04. The van der Waals surface area contributed by atoms with E-state index < -0.39 is 16.3 Å². The highest BCUT2D eigenvalue weighted by atomic mass is 32.2. The van der Waals surface area contributed by atoms with Gasteiger partial charge in [0.15, 0.2) is 4.08 Å². The number of thiol groups is 2. The van der Waals surface area contributed by atoms with Gasteiger partial charge in [0.25, 0.3) is 0 Å². The van der Waals surface area contributed by atoms with Crippen LogP contribution in [0, 0.1) is 0 Å². The predicted molar refractivity (Wildman–Crippen MR) is 58.0 cm³/mol. The van der Waals surface area contributed by atoms with Crippen LogP contribution in [-0.2, 0) is 9.53 Å². The second-order valence-electron chi connectivity index (χ2n) is 2.82. The molecule has 0 bridgehead atoms. The molecule has 0 amide bonds. The number of carbonyl (C=O) groups excluding carboxylic acids is 1. The van der Waals surface area contributed by atoms with Crippen LogP contribution < -0.4 is 0 Å². The van der Waals surface area contributed by atoms with Crippen LogP contribution in [0.4, 0.5) is 0 Å². The van der Waals surface area contributed by atoms with E-state index in [0.29, 0.717) is 12.8 Å². The molecule has 0 saturated carbocycles. The predicted octanol–water partition coefficient (Wildman–Crippen LogP) is 1.61. The third-order valence-electron chi connectivity index (χ3n) is 1.60. The van der Waals surface area contributed by atoms with Crippen molar-refractivity contribution < 1.29 is 14.6 Å². The van der Waals surface area contributed by atoms with Gasteiger partial charge in [0.05, 0.1) is 0 Å². The molecule has 0 saturated heterocycles. The number of rotatable bonds is 5. The summed E-state index contributed by atoms with van der Waals surface area (Å²) in [5.74, 6) is -0.595. The quantitative estimate of drug-likeness (QED) is 0.378. The number of aliphatic hydroxyl groups is 1. The molecule has 0 aromatic carbocycles. The number of ether oxygens (including phenoxy) is 1. The van der Waals surface area contributed by atoms with E-state index in [1.54, 1.807) is 6.92 Å². The van der Waals surface area contributed by atoms with Crippen LogP contribution >= 0.6 is 25.3 Å². The van der Waals surface area contributed by atoms with E-state index in [4.69, 9.17) is 9.84 Å². The minimum Gasteiger partial charge on any atom is -0.434 e. The topological polar surface area (TPSA) is 46.5 Å². The zero-order valence-electron chi connectivity index (χ0n) is 7.86. The summed E-state index contributed by atoms with van der Waals surface area (Å²) in [4.78, 5) is 11.2. The lowest BCUT2D eigenvalue weighted by Gasteiger charge is -2.20. The first kappa shape index (κ1) is 13.1. The standard InChI is InChI=1S/C8H16O3S2/c1-3-5-6(9)11-7(10)8(12,13)4-2/h6,9,12-13H,3-5H2,1-2H3. The smallest absolute Gasteiger partial charge is 0.334 e. The van der Waals surface area contributed by atoms with Crippen LogP contribution in [0.3, 0.4) is 0 Å². The lowest BCUT2D eigenvalue weighted by molar-refractivity contribution is -0.168. The molecular formula is C8H16O3S2. The molecular weight excluding hydrogens is 208 g/mol. The Morgan fingerprint density at radius 2 is 2.08 bits per heavy atom. The molecule has 1 N–H and O–H groups in total. The molecule has 0 rings (SSSR count). The Labute approximate surface area is 89.7 Å². The van der Waals surface area contributed by atoms with Crippen LogP contribution in [0.1, 0.15) is 33.1 Å². The Morgan fingerprint density at radius 3 is 2.46 bits per heavy atom. The van der Waals surface area contributed by atoms with Crippen LogP contribution in [0.5, 0.6) is 0 Å². The maximum Gasteiger partial charge on any atom is 0.334 e. The number of esters is 1. The average molecular weight is 224 g/mol. The maximum atomic E-state index is 11.2. The van der Waals surface area contributed by atoms with Crippen LogP contribution in [0.15, 0.2) is 0 Å². The number of carbonyl (C=O) groups is 1. The fourth-order valence-electron chi connectivity index (χ4n) is 0.668. The Hall–Kier alpha value is 0.130. The molecule has 1 atom stereocenters. The molecule has 0 aliphatic carbocycles. The molecule has 0 heterocycles. The molecule has 13 heavy (non-hydrogen) atoms. The van der Waals surface area contributed by atoms with Gasteiger partial charge in [-0.3, -0.25) is 0 Å². The van der Waals surface area contributed by atoms with Gasteiger partial charge in [-0.1, -0.05) is 20.3 Å². The summed E-state index contributed by atoms with van der Waals surface area (Å²) in [6, 6.07) is 0. The third-order valence-corrected chi connectivity index (χ3v) is 2.60. The molecule has 78 valence electrons. The Bertz CT molecular complexity index is 171. The summed E-state index contributed by atoms with van der Waals surface area (Å²) in [5, 5.41) is 9.17. The summed E-state index contributed by atoms with van der Waals surface area (Å²) in [6.45, 7) is 3.67. The Kier molecular flexibility index (Phi) is 5.83. The number of aliphatic hydroxyl groups excluding tert-OH is 1.